The molecule has 1 aromatic carbocycles. The third kappa shape index (κ3) is 3.73. The lowest BCUT2D eigenvalue weighted by molar-refractivity contribution is -0.114. The van der Waals surface area contributed by atoms with E-state index in [1.165, 1.54) is 19.1 Å². The van der Waals surface area contributed by atoms with Crippen LogP contribution in [0.3, 0.4) is 0 Å². The zero-order chi connectivity index (χ0) is 18.7. The van der Waals surface area contributed by atoms with Gasteiger partial charge in [0.15, 0.2) is 5.65 Å². The Bertz CT molecular complexity index is 1040. The van der Waals surface area contributed by atoms with Crippen molar-refractivity contribution in [2.75, 3.05) is 5.32 Å². The molecule has 0 saturated carbocycles. The van der Waals surface area contributed by atoms with Crippen molar-refractivity contribution < 1.29 is 13.2 Å². The number of fused-ring (bicyclic) bond motifs is 1. The Kier molecular flexibility index (Phi) is 5.01. The molecule has 0 atom stereocenters. The summed E-state index contributed by atoms with van der Waals surface area (Å²) in [4.78, 5) is 19.9. The molecule has 26 heavy (non-hydrogen) atoms. The molecule has 136 valence electrons. The molecule has 0 radical (unpaired) electrons. The van der Waals surface area contributed by atoms with Gasteiger partial charge in [-0.25, -0.2) is 23.1 Å². The Morgan fingerprint density at radius 1 is 1.19 bits per heavy atom. The SMILES string of the molecule is CCn1c(CNS(=O)(=O)c2ccc(NC(C)=O)cc2)nc2cccnc21. The topological polar surface area (TPSA) is 106 Å². The van der Waals surface area contributed by atoms with E-state index in [4.69, 9.17) is 0 Å². The first-order valence-corrected chi connectivity index (χ1v) is 9.56. The number of aromatic nitrogens is 3. The smallest absolute Gasteiger partial charge is 0.240 e. The van der Waals surface area contributed by atoms with Crippen LogP contribution in [0.25, 0.3) is 11.2 Å². The van der Waals surface area contributed by atoms with E-state index in [1.807, 2.05) is 17.6 Å². The average Bonchev–Trinajstić information content (AvgIpc) is 2.97. The summed E-state index contributed by atoms with van der Waals surface area (Å²) in [5, 5.41) is 2.60. The number of anilines is 1. The molecular formula is C17H19N5O3S. The number of pyridine rings is 1. The largest absolute Gasteiger partial charge is 0.326 e. The van der Waals surface area contributed by atoms with Crippen LogP contribution in [0.4, 0.5) is 5.69 Å². The van der Waals surface area contributed by atoms with Gasteiger partial charge in [-0.05, 0) is 43.3 Å². The number of nitrogens with zero attached hydrogens (tertiary/aromatic N) is 3. The average molecular weight is 373 g/mol. The number of sulfonamides is 1. The van der Waals surface area contributed by atoms with Crippen LogP contribution in [-0.2, 0) is 27.9 Å². The molecule has 0 unspecified atom stereocenters. The fourth-order valence-electron chi connectivity index (χ4n) is 2.64. The van der Waals surface area contributed by atoms with Crippen LogP contribution < -0.4 is 10.0 Å². The molecule has 0 aliphatic heterocycles. The van der Waals surface area contributed by atoms with Gasteiger partial charge in [-0.1, -0.05) is 0 Å². The summed E-state index contributed by atoms with van der Waals surface area (Å²) in [7, 11) is -3.70. The summed E-state index contributed by atoms with van der Waals surface area (Å²) >= 11 is 0. The first-order chi connectivity index (χ1) is 12.4. The number of hydrogen-bond acceptors (Lipinski definition) is 5. The maximum atomic E-state index is 12.5. The molecule has 3 rings (SSSR count). The van der Waals surface area contributed by atoms with Crippen LogP contribution in [0.2, 0.25) is 0 Å². The summed E-state index contributed by atoms with van der Waals surface area (Å²) in [6.45, 7) is 4.03. The number of nitrogens with one attached hydrogen (secondary N) is 2. The van der Waals surface area contributed by atoms with E-state index in [2.05, 4.69) is 20.0 Å². The summed E-state index contributed by atoms with van der Waals surface area (Å²) in [5.41, 5.74) is 1.99. The fourth-order valence-corrected chi connectivity index (χ4v) is 3.62. The van der Waals surface area contributed by atoms with Gasteiger partial charge in [-0.2, -0.15) is 0 Å². The molecule has 1 amide bonds. The maximum Gasteiger partial charge on any atom is 0.240 e. The molecule has 2 N–H and O–H groups in total. The van der Waals surface area contributed by atoms with Gasteiger partial charge in [0, 0.05) is 25.4 Å². The van der Waals surface area contributed by atoms with E-state index < -0.39 is 10.0 Å². The molecule has 9 heteroatoms. The van der Waals surface area contributed by atoms with Gasteiger partial charge in [0.05, 0.1) is 11.4 Å². The van der Waals surface area contributed by atoms with Gasteiger partial charge in [-0.3, -0.25) is 4.79 Å². The normalized spacial score (nSPS) is 11.6. The number of benzene rings is 1. The third-order valence-electron chi connectivity index (χ3n) is 3.80. The summed E-state index contributed by atoms with van der Waals surface area (Å²) in [5.74, 6) is 0.380. The Labute approximate surface area is 151 Å². The van der Waals surface area contributed by atoms with Crippen molar-refractivity contribution in [1.29, 1.82) is 0 Å². The van der Waals surface area contributed by atoms with Gasteiger partial charge in [0.2, 0.25) is 15.9 Å². The molecular weight excluding hydrogens is 354 g/mol. The predicted octanol–water partition coefficient (Wildman–Crippen LogP) is 1.89. The molecule has 2 aromatic heterocycles. The van der Waals surface area contributed by atoms with E-state index >= 15 is 0 Å². The molecule has 2 heterocycles. The Hall–Kier alpha value is -2.78. The lowest BCUT2D eigenvalue weighted by atomic mass is 10.3. The molecule has 8 nitrogen and oxygen atoms in total. The Morgan fingerprint density at radius 2 is 1.92 bits per heavy atom. The van der Waals surface area contributed by atoms with Crippen LogP contribution in [0.15, 0.2) is 47.5 Å². The van der Waals surface area contributed by atoms with Crippen LogP contribution in [0.5, 0.6) is 0 Å². The number of hydrogen-bond donors (Lipinski definition) is 2. The van der Waals surface area contributed by atoms with Crippen LogP contribution in [0.1, 0.15) is 19.7 Å². The fraction of sp³-hybridized carbons (Fsp3) is 0.235. The molecule has 3 aromatic rings. The summed E-state index contributed by atoms with van der Waals surface area (Å²) < 4.78 is 29.4. The number of amides is 1. The zero-order valence-electron chi connectivity index (χ0n) is 14.4. The standard InChI is InChI=1S/C17H19N5O3S/c1-3-22-16(21-15-5-4-10-18-17(15)22)11-19-26(24,25)14-8-6-13(7-9-14)20-12(2)23/h4-10,19H,3,11H2,1-2H3,(H,20,23). The first kappa shape index (κ1) is 18.0. The Morgan fingerprint density at radius 3 is 2.58 bits per heavy atom. The third-order valence-corrected chi connectivity index (χ3v) is 5.22. The highest BCUT2D eigenvalue weighted by atomic mass is 32.2. The minimum absolute atomic E-state index is 0.0555. The van der Waals surface area contributed by atoms with E-state index in [0.717, 1.165) is 11.2 Å². The monoisotopic (exact) mass is 373 g/mol. The van der Waals surface area contributed by atoms with Gasteiger partial charge < -0.3 is 9.88 Å². The van der Waals surface area contributed by atoms with Crippen LogP contribution in [-0.4, -0.2) is 28.9 Å². The van der Waals surface area contributed by atoms with Crippen molar-refractivity contribution in [3.05, 3.63) is 48.4 Å². The van der Waals surface area contributed by atoms with Crippen LogP contribution >= 0.6 is 0 Å². The molecule has 0 fully saturated rings. The van der Waals surface area contributed by atoms with Gasteiger partial charge in [-0.15, -0.1) is 0 Å². The highest BCUT2D eigenvalue weighted by Crippen LogP contribution is 2.16. The Balaban J connectivity index is 1.79. The van der Waals surface area contributed by atoms with Crippen molar-refractivity contribution in [1.82, 2.24) is 19.3 Å². The lowest BCUT2D eigenvalue weighted by Gasteiger charge is -2.09. The second kappa shape index (κ2) is 7.22. The molecule has 0 aliphatic rings. The second-order valence-electron chi connectivity index (χ2n) is 5.65. The van der Waals surface area contributed by atoms with E-state index in [-0.39, 0.29) is 17.3 Å². The summed E-state index contributed by atoms with van der Waals surface area (Å²) in [6.07, 6.45) is 1.68. The van der Waals surface area contributed by atoms with E-state index in [1.54, 1.807) is 24.4 Å². The predicted molar refractivity (Wildman–Crippen MR) is 98.0 cm³/mol. The molecule has 0 aliphatic carbocycles. The highest BCUT2D eigenvalue weighted by Gasteiger charge is 2.17. The van der Waals surface area contributed by atoms with Crippen molar-refractivity contribution in [3.63, 3.8) is 0 Å². The van der Waals surface area contributed by atoms with Gasteiger partial charge in [0.1, 0.15) is 11.3 Å². The molecule has 0 spiro atoms. The minimum Gasteiger partial charge on any atom is -0.326 e. The van der Waals surface area contributed by atoms with E-state index in [9.17, 15) is 13.2 Å². The number of aryl methyl sites for hydroxylation is 1. The number of carbonyl (C=O) groups excluding carboxylic acids is 1. The van der Waals surface area contributed by atoms with Gasteiger partial charge >= 0.3 is 0 Å². The van der Waals surface area contributed by atoms with Crippen molar-refractivity contribution in [3.8, 4) is 0 Å². The second-order valence-corrected chi connectivity index (χ2v) is 7.42. The van der Waals surface area contributed by atoms with Gasteiger partial charge in [0.25, 0.3) is 0 Å². The van der Waals surface area contributed by atoms with Crippen molar-refractivity contribution >= 4 is 32.8 Å². The van der Waals surface area contributed by atoms with Crippen LogP contribution in [0, 0.1) is 0 Å². The number of rotatable bonds is 6. The van der Waals surface area contributed by atoms with Crippen molar-refractivity contribution in [2.45, 2.75) is 31.8 Å². The summed E-state index contributed by atoms with van der Waals surface area (Å²) in [6, 6.07) is 9.60. The highest BCUT2D eigenvalue weighted by molar-refractivity contribution is 7.89. The maximum absolute atomic E-state index is 12.5. The van der Waals surface area contributed by atoms with E-state index in [0.29, 0.717) is 18.1 Å². The quantitative estimate of drug-likeness (QED) is 0.686. The molecule has 0 bridgehead atoms. The number of imidazole rings is 1. The van der Waals surface area contributed by atoms with Crippen molar-refractivity contribution in [2.24, 2.45) is 0 Å². The first-order valence-electron chi connectivity index (χ1n) is 8.08. The number of carbonyl (C=O) groups is 1. The molecule has 0 saturated heterocycles. The zero-order valence-corrected chi connectivity index (χ0v) is 15.2. The minimum atomic E-state index is -3.70. The lowest BCUT2D eigenvalue weighted by Crippen LogP contribution is -2.25.